The van der Waals surface area contributed by atoms with Gasteiger partial charge in [0, 0.05) is 0 Å². The third-order valence-electron chi connectivity index (χ3n) is 2.81. The molecule has 0 aliphatic heterocycles. The number of rotatable bonds is 2. The van der Waals surface area contributed by atoms with Crippen molar-refractivity contribution in [1.82, 2.24) is 4.57 Å². The fourth-order valence-corrected chi connectivity index (χ4v) is 1.87. The van der Waals surface area contributed by atoms with E-state index < -0.39 is 22.9 Å². The largest absolute Gasteiger partial charge is 0.477 e. The van der Waals surface area contributed by atoms with Crippen molar-refractivity contribution in [3.63, 3.8) is 0 Å². The van der Waals surface area contributed by atoms with Gasteiger partial charge in [0.25, 0.3) is 5.56 Å². The Labute approximate surface area is 113 Å². The number of hydrogen-bond acceptors (Lipinski definition) is 3. The number of nitrogens with zero attached hydrogens (tertiary/aromatic N) is 2. The Morgan fingerprint density at radius 1 is 1.35 bits per heavy atom. The number of pyridine rings is 1. The first-order valence-corrected chi connectivity index (χ1v) is 5.61. The van der Waals surface area contributed by atoms with E-state index in [0.29, 0.717) is 5.56 Å². The van der Waals surface area contributed by atoms with Gasteiger partial charge in [-0.3, -0.25) is 9.36 Å². The highest BCUT2D eigenvalue weighted by Gasteiger charge is 2.17. The molecule has 0 saturated carbocycles. The van der Waals surface area contributed by atoms with Crippen molar-refractivity contribution in [2.75, 3.05) is 0 Å². The highest BCUT2D eigenvalue weighted by molar-refractivity contribution is 5.87. The number of aromatic nitrogens is 1. The van der Waals surface area contributed by atoms with E-state index in [1.807, 2.05) is 6.07 Å². The van der Waals surface area contributed by atoms with E-state index >= 15 is 0 Å². The topological polar surface area (TPSA) is 83.1 Å². The first-order chi connectivity index (χ1) is 9.45. The molecule has 1 heterocycles. The van der Waals surface area contributed by atoms with E-state index in [1.165, 1.54) is 19.1 Å². The van der Waals surface area contributed by atoms with Gasteiger partial charge in [0.2, 0.25) is 0 Å². The summed E-state index contributed by atoms with van der Waals surface area (Å²) < 4.78 is 13.9. The lowest BCUT2D eigenvalue weighted by molar-refractivity contribution is 0.0694. The van der Waals surface area contributed by atoms with Gasteiger partial charge in [0.15, 0.2) is 0 Å². The van der Waals surface area contributed by atoms with E-state index in [0.717, 1.165) is 22.8 Å². The van der Waals surface area contributed by atoms with E-state index in [1.54, 1.807) is 0 Å². The summed E-state index contributed by atoms with van der Waals surface area (Å²) in [6.45, 7) is 1.53. The van der Waals surface area contributed by atoms with Crippen LogP contribution in [0.2, 0.25) is 0 Å². The highest BCUT2D eigenvalue weighted by Crippen LogP contribution is 2.14. The Hall–Kier alpha value is -2.94. The number of carboxylic acids is 1. The Bertz CT molecular complexity index is 786. The van der Waals surface area contributed by atoms with Crippen LogP contribution in [0.3, 0.4) is 0 Å². The standard InChI is InChI=1S/C14H9FN2O3/c1-8-6-11(14(19)20)13(18)17(12(8)7-16)10-4-2-9(15)3-5-10/h2-6H,1H3,(H,19,20). The Morgan fingerprint density at radius 2 is 1.95 bits per heavy atom. The third-order valence-corrected chi connectivity index (χ3v) is 2.81. The third kappa shape index (κ3) is 2.17. The Balaban J connectivity index is 2.86. The normalized spacial score (nSPS) is 10.1. The molecule has 0 spiro atoms. The van der Waals surface area contributed by atoms with Crippen molar-refractivity contribution in [2.45, 2.75) is 6.92 Å². The SMILES string of the molecule is Cc1cc(C(=O)O)c(=O)n(-c2ccc(F)cc2)c1C#N. The number of halogens is 1. The molecule has 5 nitrogen and oxygen atoms in total. The number of hydrogen-bond donors (Lipinski definition) is 1. The molecule has 0 unspecified atom stereocenters. The zero-order valence-corrected chi connectivity index (χ0v) is 10.4. The zero-order valence-electron chi connectivity index (χ0n) is 10.4. The smallest absolute Gasteiger partial charge is 0.341 e. The van der Waals surface area contributed by atoms with Gasteiger partial charge in [-0.1, -0.05) is 0 Å². The van der Waals surface area contributed by atoms with Crippen molar-refractivity contribution in [3.8, 4) is 11.8 Å². The van der Waals surface area contributed by atoms with Crippen LogP contribution in [0, 0.1) is 24.1 Å². The van der Waals surface area contributed by atoms with Crippen molar-refractivity contribution in [1.29, 1.82) is 5.26 Å². The lowest BCUT2D eigenvalue weighted by Gasteiger charge is -2.11. The van der Waals surface area contributed by atoms with Gasteiger partial charge in [-0.05, 0) is 42.8 Å². The molecule has 1 aromatic heterocycles. The summed E-state index contributed by atoms with van der Waals surface area (Å²) in [7, 11) is 0. The average Bonchev–Trinajstić information content (AvgIpc) is 2.41. The molecule has 2 aromatic rings. The number of carboxylic acid groups (broad SMARTS) is 1. The number of carbonyl (C=O) groups is 1. The van der Waals surface area contributed by atoms with Crippen LogP contribution in [0.5, 0.6) is 0 Å². The molecule has 0 saturated heterocycles. The maximum absolute atomic E-state index is 12.9. The molecular weight excluding hydrogens is 263 g/mol. The van der Waals surface area contributed by atoms with Crippen molar-refractivity contribution < 1.29 is 14.3 Å². The van der Waals surface area contributed by atoms with Crippen LogP contribution in [-0.4, -0.2) is 15.6 Å². The van der Waals surface area contributed by atoms with Crippen LogP contribution in [0.15, 0.2) is 35.1 Å². The summed E-state index contributed by atoms with van der Waals surface area (Å²) in [5.74, 6) is -1.87. The molecule has 1 N–H and O–H groups in total. The van der Waals surface area contributed by atoms with Crippen LogP contribution in [-0.2, 0) is 0 Å². The number of benzene rings is 1. The molecule has 20 heavy (non-hydrogen) atoms. The first-order valence-electron chi connectivity index (χ1n) is 5.61. The van der Waals surface area contributed by atoms with Crippen molar-refractivity contribution in [3.05, 3.63) is 63.3 Å². The highest BCUT2D eigenvalue weighted by atomic mass is 19.1. The average molecular weight is 272 g/mol. The number of aromatic carboxylic acids is 1. The molecule has 0 fully saturated rings. The summed E-state index contributed by atoms with van der Waals surface area (Å²) >= 11 is 0. The van der Waals surface area contributed by atoms with Gasteiger partial charge >= 0.3 is 5.97 Å². The second-order valence-corrected chi connectivity index (χ2v) is 4.12. The minimum Gasteiger partial charge on any atom is -0.477 e. The first kappa shape index (κ1) is 13.5. The fraction of sp³-hybridized carbons (Fsp3) is 0.0714. The molecule has 2 rings (SSSR count). The molecule has 0 radical (unpaired) electrons. The molecule has 0 atom stereocenters. The van der Waals surface area contributed by atoms with Gasteiger partial charge in [0.05, 0.1) is 5.69 Å². The monoisotopic (exact) mass is 272 g/mol. The van der Waals surface area contributed by atoms with Crippen LogP contribution < -0.4 is 5.56 Å². The van der Waals surface area contributed by atoms with Gasteiger partial charge in [0.1, 0.15) is 23.1 Å². The van der Waals surface area contributed by atoms with E-state index in [2.05, 4.69) is 0 Å². The van der Waals surface area contributed by atoms with Crippen LogP contribution >= 0.6 is 0 Å². The molecule has 0 amide bonds. The molecule has 0 aliphatic carbocycles. The second-order valence-electron chi connectivity index (χ2n) is 4.12. The Kier molecular flexibility index (Phi) is 3.36. The van der Waals surface area contributed by atoms with Gasteiger partial charge < -0.3 is 5.11 Å². The molecule has 100 valence electrons. The van der Waals surface area contributed by atoms with Gasteiger partial charge in [-0.25, -0.2) is 9.18 Å². The van der Waals surface area contributed by atoms with Crippen LogP contribution in [0.25, 0.3) is 5.69 Å². The molecular formula is C14H9FN2O3. The zero-order chi connectivity index (χ0) is 14.9. The van der Waals surface area contributed by atoms with E-state index in [-0.39, 0.29) is 11.4 Å². The lowest BCUT2D eigenvalue weighted by Crippen LogP contribution is -2.27. The maximum Gasteiger partial charge on any atom is 0.341 e. The predicted octanol–water partition coefficient (Wildman–Crippen LogP) is 1.85. The fourth-order valence-electron chi connectivity index (χ4n) is 1.87. The summed E-state index contributed by atoms with van der Waals surface area (Å²) in [4.78, 5) is 23.2. The minimum atomic E-state index is -1.38. The summed E-state index contributed by atoms with van der Waals surface area (Å²) in [5.41, 5.74) is -0.656. The van der Waals surface area contributed by atoms with Crippen molar-refractivity contribution in [2.24, 2.45) is 0 Å². The van der Waals surface area contributed by atoms with Crippen LogP contribution in [0.4, 0.5) is 4.39 Å². The van der Waals surface area contributed by atoms with Gasteiger partial charge in [-0.15, -0.1) is 0 Å². The summed E-state index contributed by atoms with van der Waals surface area (Å²) in [6, 6.07) is 7.89. The molecule has 0 aliphatic rings. The lowest BCUT2D eigenvalue weighted by atomic mass is 10.1. The quantitative estimate of drug-likeness (QED) is 0.904. The maximum atomic E-state index is 12.9. The minimum absolute atomic E-state index is 0.0200. The van der Waals surface area contributed by atoms with E-state index in [4.69, 9.17) is 10.4 Å². The van der Waals surface area contributed by atoms with Gasteiger partial charge in [-0.2, -0.15) is 5.26 Å². The van der Waals surface area contributed by atoms with E-state index in [9.17, 15) is 14.0 Å². The second kappa shape index (κ2) is 4.97. The summed E-state index contributed by atoms with van der Waals surface area (Å²) in [5, 5.41) is 18.2. The Morgan fingerprint density at radius 3 is 2.45 bits per heavy atom. The molecule has 1 aromatic carbocycles. The predicted molar refractivity (Wildman–Crippen MR) is 68.4 cm³/mol. The summed E-state index contributed by atoms with van der Waals surface area (Å²) in [6.07, 6.45) is 0. The van der Waals surface area contributed by atoms with Crippen molar-refractivity contribution >= 4 is 5.97 Å². The molecule has 0 bridgehead atoms. The number of nitriles is 1. The number of aryl methyl sites for hydroxylation is 1. The van der Waals surface area contributed by atoms with Crippen LogP contribution in [0.1, 0.15) is 21.6 Å². The molecule has 6 heteroatoms.